The van der Waals surface area contributed by atoms with Gasteiger partial charge in [0.1, 0.15) is 11.5 Å². The van der Waals surface area contributed by atoms with Crippen molar-refractivity contribution < 1.29 is 0 Å². The molecule has 0 atom stereocenters. The molecule has 9 heteroatoms. The molecule has 134 valence electrons. The Morgan fingerprint density at radius 1 is 1.27 bits per heavy atom. The van der Waals surface area contributed by atoms with Crippen molar-refractivity contribution in [3.05, 3.63) is 45.1 Å². The highest BCUT2D eigenvalue weighted by molar-refractivity contribution is 7.17. The number of rotatable bonds is 6. The first kappa shape index (κ1) is 17.5. The van der Waals surface area contributed by atoms with Crippen molar-refractivity contribution in [2.75, 3.05) is 0 Å². The van der Waals surface area contributed by atoms with Crippen LogP contribution in [0, 0.1) is 0 Å². The summed E-state index contributed by atoms with van der Waals surface area (Å²) in [7, 11) is 0. The molecule has 0 unspecified atom stereocenters. The second-order valence-electron chi connectivity index (χ2n) is 5.97. The van der Waals surface area contributed by atoms with Gasteiger partial charge in [-0.2, -0.15) is 5.21 Å². The second kappa shape index (κ2) is 7.34. The molecular formula is C17H16Cl2N6S. The summed E-state index contributed by atoms with van der Waals surface area (Å²) < 4.78 is 3.24. The Labute approximate surface area is 164 Å². The van der Waals surface area contributed by atoms with Crippen molar-refractivity contribution in [1.82, 2.24) is 30.2 Å². The van der Waals surface area contributed by atoms with Crippen LogP contribution in [-0.4, -0.2) is 30.2 Å². The Morgan fingerprint density at radius 2 is 2.15 bits per heavy atom. The topological polar surface area (TPSA) is 72.3 Å². The van der Waals surface area contributed by atoms with Crippen LogP contribution in [0.2, 0.25) is 10.2 Å². The average Bonchev–Trinajstić information content (AvgIpc) is 3.34. The lowest BCUT2D eigenvalue weighted by atomic mass is 10.1. The van der Waals surface area contributed by atoms with Gasteiger partial charge in [-0.05, 0) is 34.7 Å². The summed E-state index contributed by atoms with van der Waals surface area (Å²) in [5, 5.41) is 18.7. The fourth-order valence-electron chi connectivity index (χ4n) is 3.03. The lowest BCUT2D eigenvalue weighted by molar-refractivity contribution is 0.682. The number of nitrogens with zero attached hydrogens (tertiary/aromatic N) is 5. The van der Waals surface area contributed by atoms with E-state index in [1.807, 2.05) is 12.1 Å². The summed E-state index contributed by atoms with van der Waals surface area (Å²) in [4.78, 5) is 4.56. The molecule has 26 heavy (non-hydrogen) atoms. The van der Waals surface area contributed by atoms with Gasteiger partial charge in [-0.1, -0.05) is 42.6 Å². The quantitative estimate of drug-likeness (QED) is 0.490. The van der Waals surface area contributed by atoms with Crippen LogP contribution >= 0.6 is 34.5 Å². The van der Waals surface area contributed by atoms with E-state index in [4.69, 9.17) is 23.2 Å². The Bertz CT molecular complexity index is 1040. The molecule has 3 heterocycles. The fourth-order valence-corrected chi connectivity index (χ4v) is 4.65. The third kappa shape index (κ3) is 3.11. The van der Waals surface area contributed by atoms with Crippen molar-refractivity contribution in [2.24, 2.45) is 0 Å². The number of halogens is 2. The summed E-state index contributed by atoms with van der Waals surface area (Å²) in [6.45, 7) is 2.76. The number of aryl methyl sites for hydroxylation is 1. The SMILES string of the molecule is CCCCc1nc(Cl)c(-c2nn[nH]n2)n1Cc1csc2cccc(Cl)c12. The maximum Gasteiger partial charge on any atom is 0.224 e. The molecule has 0 amide bonds. The van der Waals surface area contributed by atoms with Crippen LogP contribution < -0.4 is 0 Å². The van der Waals surface area contributed by atoms with Crippen LogP contribution in [0.5, 0.6) is 0 Å². The number of unbranched alkanes of at least 4 members (excludes halogenated alkanes) is 1. The van der Waals surface area contributed by atoms with Crippen LogP contribution in [0.15, 0.2) is 23.6 Å². The maximum absolute atomic E-state index is 6.45. The van der Waals surface area contributed by atoms with Crippen LogP contribution in [0.4, 0.5) is 0 Å². The normalized spacial score (nSPS) is 11.5. The summed E-state index contributed by atoms with van der Waals surface area (Å²) in [6, 6.07) is 5.96. The summed E-state index contributed by atoms with van der Waals surface area (Å²) in [5.41, 5.74) is 1.81. The maximum atomic E-state index is 6.45. The number of tetrazole rings is 1. The van der Waals surface area contributed by atoms with Gasteiger partial charge in [0.25, 0.3) is 0 Å². The molecule has 1 N–H and O–H groups in total. The smallest absolute Gasteiger partial charge is 0.224 e. The number of nitrogens with one attached hydrogen (secondary N) is 1. The monoisotopic (exact) mass is 406 g/mol. The number of benzene rings is 1. The third-order valence-corrected chi connectivity index (χ3v) is 5.84. The molecule has 3 aromatic heterocycles. The summed E-state index contributed by atoms with van der Waals surface area (Å²) >= 11 is 14.6. The molecule has 0 aliphatic rings. The highest BCUT2D eigenvalue weighted by Gasteiger charge is 2.21. The molecule has 0 fully saturated rings. The van der Waals surface area contributed by atoms with Crippen molar-refractivity contribution in [1.29, 1.82) is 0 Å². The molecule has 0 aliphatic heterocycles. The Morgan fingerprint density at radius 3 is 2.92 bits per heavy atom. The van der Waals surface area contributed by atoms with Gasteiger partial charge in [-0.25, -0.2) is 4.98 Å². The lowest BCUT2D eigenvalue weighted by Crippen LogP contribution is -2.07. The standard InChI is InChI=1S/C17H16Cl2N6S/c1-2-3-7-13-20-16(19)15(17-21-23-24-22-17)25(13)8-10-9-26-12-6-4-5-11(18)14(10)12/h4-6,9H,2-3,7-8H2,1H3,(H,21,22,23,24). The molecule has 0 saturated heterocycles. The van der Waals surface area contributed by atoms with Crippen LogP contribution in [0.3, 0.4) is 0 Å². The molecular weight excluding hydrogens is 391 g/mol. The largest absolute Gasteiger partial charge is 0.319 e. The van der Waals surface area contributed by atoms with E-state index >= 15 is 0 Å². The van der Waals surface area contributed by atoms with Crippen molar-refractivity contribution in [3.63, 3.8) is 0 Å². The minimum Gasteiger partial charge on any atom is -0.319 e. The van der Waals surface area contributed by atoms with Crippen molar-refractivity contribution in [3.8, 4) is 11.5 Å². The number of aromatic nitrogens is 6. The van der Waals surface area contributed by atoms with Gasteiger partial charge in [-0.3, -0.25) is 0 Å². The first-order valence-corrected chi connectivity index (χ1v) is 9.96. The van der Waals surface area contributed by atoms with Crippen LogP contribution in [0.1, 0.15) is 31.2 Å². The Kier molecular flexibility index (Phi) is 4.93. The van der Waals surface area contributed by atoms with E-state index in [-0.39, 0.29) is 0 Å². The zero-order chi connectivity index (χ0) is 18.1. The van der Waals surface area contributed by atoms with E-state index in [0.717, 1.165) is 45.8 Å². The number of hydrogen-bond donors (Lipinski definition) is 1. The van der Waals surface area contributed by atoms with Crippen LogP contribution in [-0.2, 0) is 13.0 Å². The first-order valence-electron chi connectivity index (χ1n) is 8.32. The third-order valence-electron chi connectivity index (χ3n) is 4.27. The fraction of sp³-hybridized carbons (Fsp3) is 0.294. The Balaban J connectivity index is 1.83. The number of H-pyrrole nitrogens is 1. The van der Waals surface area contributed by atoms with Gasteiger partial charge in [0.15, 0.2) is 5.15 Å². The van der Waals surface area contributed by atoms with Crippen molar-refractivity contribution >= 4 is 44.6 Å². The lowest BCUT2D eigenvalue weighted by Gasteiger charge is -2.10. The van der Waals surface area contributed by atoms with Gasteiger partial charge in [-0.15, -0.1) is 21.5 Å². The number of fused-ring (bicyclic) bond motifs is 1. The van der Waals surface area contributed by atoms with Crippen molar-refractivity contribution in [2.45, 2.75) is 32.7 Å². The zero-order valence-electron chi connectivity index (χ0n) is 14.0. The number of hydrogen-bond acceptors (Lipinski definition) is 5. The first-order chi connectivity index (χ1) is 12.7. The number of thiophene rings is 1. The predicted octanol–water partition coefficient (Wildman–Crippen LogP) is 4.98. The minimum atomic E-state index is 0.392. The molecule has 0 bridgehead atoms. The van der Waals surface area contributed by atoms with E-state index in [9.17, 15) is 0 Å². The molecule has 0 radical (unpaired) electrons. The molecule has 0 spiro atoms. The van der Waals surface area contributed by atoms with Gasteiger partial charge in [0.05, 0.1) is 6.54 Å². The van der Waals surface area contributed by atoms with E-state index in [1.54, 1.807) is 11.3 Å². The number of aromatic amines is 1. The molecule has 4 aromatic rings. The molecule has 1 aromatic carbocycles. The summed E-state index contributed by atoms with van der Waals surface area (Å²) in [6.07, 6.45) is 2.95. The van der Waals surface area contributed by atoms with Gasteiger partial charge in [0.2, 0.25) is 5.82 Å². The molecule has 6 nitrogen and oxygen atoms in total. The Hall–Kier alpha value is -1.96. The van der Waals surface area contributed by atoms with Crippen LogP contribution in [0.25, 0.3) is 21.6 Å². The van der Waals surface area contributed by atoms with E-state index in [1.165, 1.54) is 0 Å². The minimum absolute atomic E-state index is 0.392. The van der Waals surface area contributed by atoms with Gasteiger partial charge in [0, 0.05) is 21.5 Å². The van der Waals surface area contributed by atoms with E-state index in [0.29, 0.717) is 23.2 Å². The van der Waals surface area contributed by atoms with Gasteiger partial charge < -0.3 is 4.57 Å². The molecule has 0 aliphatic carbocycles. The highest BCUT2D eigenvalue weighted by atomic mass is 35.5. The molecule has 4 rings (SSSR count). The second-order valence-corrected chi connectivity index (χ2v) is 7.64. The zero-order valence-corrected chi connectivity index (χ0v) is 16.4. The van der Waals surface area contributed by atoms with Gasteiger partial charge >= 0.3 is 0 Å². The predicted molar refractivity (Wildman–Crippen MR) is 105 cm³/mol. The summed E-state index contributed by atoms with van der Waals surface area (Å²) in [5.74, 6) is 1.36. The van der Waals surface area contributed by atoms with E-state index < -0.39 is 0 Å². The van der Waals surface area contributed by atoms with E-state index in [2.05, 4.69) is 48.5 Å². The average molecular weight is 407 g/mol. The highest BCUT2D eigenvalue weighted by Crippen LogP contribution is 2.34. The molecule has 0 saturated carbocycles. The number of imidazole rings is 1.